The summed E-state index contributed by atoms with van der Waals surface area (Å²) >= 11 is 1.20. The quantitative estimate of drug-likeness (QED) is 0.275. The first kappa shape index (κ1) is 24.3. The van der Waals surface area contributed by atoms with Gasteiger partial charge in [-0.1, -0.05) is 54.2 Å². The molecule has 1 atom stereocenters. The predicted molar refractivity (Wildman–Crippen MR) is 136 cm³/mol. The largest absolute Gasteiger partial charge is 0.489 e. The standard InChI is InChI=1S/C27H27N3O4S/c1-18-9-10-19(2)24(15-18)33-17-25-29-30-27(34-25)35-20(3)26(31)28-22-11-13-23(14-12-22)32-16-21-7-5-4-6-8-21/h4-15,20H,16-17H2,1-3H3,(H,28,31). The Kier molecular flexibility index (Phi) is 8.05. The van der Waals surface area contributed by atoms with E-state index in [9.17, 15) is 4.79 Å². The number of ether oxygens (including phenoxy) is 2. The molecular weight excluding hydrogens is 462 g/mol. The highest BCUT2D eigenvalue weighted by atomic mass is 32.2. The molecule has 0 spiro atoms. The second kappa shape index (κ2) is 11.6. The van der Waals surface area contributed by atoms with Crippen molar-refractivity contribution in [3.05, 3.63) is 95.4 Å². The van der Waals surface area contributed by atoms with Crippen LogP contribution in [0, 0.1) is 13.8 Å². The van der Waals surface area contributed by atoms with E-state index < -0.39 is 5.25 Å². The van der Waals surface area contributed by atoms with E-state index in [-0.39, 0.29) is 12.5 Å². The third-order valence-electron chi connectivity index (χ3n) is 5.16. The maximum atomic E-state index is 12.6. The van der Waals surface area contributed by atoms with E-state index in [1.54, 1.807) is 6.92 Å². The van der Waals surface area contributed by atoms with Crippen molar-refractivity contribution >= 4 is 23.4 Å². The Morgan fingerprint density at radius 2 is 1.74 bits per heavy atom. The number of anilines is 1. The molecule has 35 heavy (non-hydrogen) atoms. The molecule has 1 heterocycles. The minimum atomic E-state index is -0.433. The Labute approximate surface area is 208 Å². The summed E-state index contributed by atoms with van der Waals surface area (Å²) in [5.41, 5.74) is 3.92. The van der Waals surface area contributed by atoms with Crippen LogP contribution in [0.5, 0.6) is 11.5 Å². The maximum absolute atomic E-state index is 12.6. The molecule has 0 saturated carbocycles. The summed E-state index contributed by atoms with van der Waals surface area (Å²) in [5.74, 6) is 1.70. The lowest BCUT2D eigenvalue weighted by Gasteiger charge is -2.11. The van der Waals surface area contributed by atoms with Gasteiger partial charge in [0.1, 0.15) is 18.1 Å². The molecule has 180 valence electrons. The van der Waals surface area contributed by atoms with Crippen molar-refractivity contribution in [1.29, 1.82) is 0 Å². The Bertz CT molecular complexity index is 1260. The molecule has 0 radical (unpaired) electrons. The predicted octanol–water partition coefficient (Wildman–Crippen LogP) is 5.96. The van der Waals surface area contributed by atoms with Gasteiger partial charge >= 0.3 is 0 Å². The van der Waals surface area contributed by atoms with Crippen LogP contribution in [0.2, 0.25) is 0 Å². The Morgan fingerprint density at radius 1 is 0.971 bits per heavy atom. The van der Waals surface area contributed by atoms with Crippen LogP contribution in [-0.2, 0) is 18.0 Å². The molecule has 1 aromatic heterocycles. The normalized spacial score (nSPS) is 11.6. The zero-order valence-corrected chi connectivity index (χ0v) is 20.7. The Morgan fingerprint density at radius 3 is 2.51 bits per heavy atom. The number of thioether (sulfide) groups is 1. The summed E-state index contributed by atoms with van der Waals surface area (Å²) in [6, 6.07) is 23.2. The van der Waals surface area contributed by atoms with Gasteiger partial charge in [-0.2, -0.15) is 0 Å². The van der Waals surface area contributed by atoms with Crippen LogP contribution >= 0.6 is 11.8 Å². The highest BCUT2D eigenvalue weighted by Gasteiger charge is 2.19. The van der Waals surface area contributed by atoms with E-state index in [1.165, 1.54) is 11.8 Å². The van der Waals surface area contributed by atoms with E-state index in [0.29, 0.717) is 23.4 Å². The number of nitrogens with zero attached hydrogens (tertiary/aromatic N) is 2. The second-order valence-corrected chi connectivity index (χ2v) is 9.36. The molecule has 1 amide bonds. The lowest BCUT2D eigenvalue weighted by Crippen LogP contribution is -2.22. The van der Waals surface area contributed by atoms with E-state index in [2.05, 4.69) is 15.5 Å². The van der Waals surface area contributed by atoms with Crippen LogP contribution in [0.1, 0.15) is 29.5 Å². The van der Waals surface area contributed by atoms with Crippen molar-refractivity contribution < 1.29 is 18.7 Å². The molecule has 4 rings (SSSR count). The average Bonchev–Trinajstić information content (AvgIpc) is 3.32. The minimum Gasteiger partial charge on any atom is -0.489 e. The number of hydrogen-bond donors (Lipinski definition) is 1. The molecule has 0 aliphatic rings. The number of nitrogens with one attached hydrogen (secondary N) is 1. The minimum absolute atomic E-state index is 0.164. The molecule has 0 saturated heterocycles. The Hall–Kier alpha value is -3.78. The van der Waals surface area contributed by atoms with Gasteiger partial charge in [0.25, 0.3) is 11.1 Å². The fraction of sp³-hybridized carbons (Fsp3) is 0.222. The number of hydrogen-bond acceptors (Lipinski definition) is 7. The SMILES string of the molecule is Cc1ccc(C)c(OCc2nnc(SC(C)C(=O)Nc3ccc(OCc4ccccc4)cc3)o2)c1. The topological polar surface area (TPSA) is 86.5 Å². The molecule has 0 aliphatic heterocycles. The number of benzene rings is 3. The monoisotopic (exact) mass is 489 g/mol. The zero-order valence-electron chi connectivity index (χ0n) is 19.9. The van der Waals surface area contributed by atoms with Crippen molar-refractivity contribution in [2.75, 3.05) is 5.32 Å². The van der Waals surface area contributed by atoms with Crippen LogP contribution in [0.15, 0.2) is 82.4 Å². The van der Waals surface area contributed by atoms with Crippen molar-refractivity contribution in [2.45, 2.75) is 44.5 Å². The van der Waals surface area contributed by atoms with Crippen molar-refractivity contribution in [3.8, 4) is 11.5 Å². The van der Waals surface area contributed by atoms with E-state index in [4.69, 9.17) is 13.9 Å². The second-order valence-electron chi connectivity index (χ2n) is 8.07. The molecule has 8 heteroatoms. The third kappa shape index (κ3) is 7.10. The van der Waals surface area contributed by atoms with E-state index in [0.717, 1.165) is 28.2 Å². The molecule has 0 fully saturated rings. The van der Waals surface area contributed by atoms with Gasteiger partial charge in [0.2, 0.25) is 5.91 Å². The highest BCUT2D eigenvalue weighted by molar-refractivity contribution is 8.00. The van der Waals surface area contributed by atoms with Gasteiger partial charge in [0.15, 0.2) is 6.61 Å². The fourth-order valence-electron chi connectivity index (χ4n) is 3.17. The van der Waals surface area contributed by atoms with Gasteiger partial charge in [0.05, 0.1) is 5.25 Å². The lowest BCUT2D eigenvalue weighted by molar-refractivity contribution is -0.115. The van der Waals surface area contributed by atoms with Crippen molar-refractivity contribution in [3.63, 3.8) is 0 Å². The Balaban J connectivity index is 1.24. The average molecular weight is 490 g/mol. The summed E-state index contributed by atoms with van der Waals surface area (Å²) in [7, 11) is 0. The molecule has 1 N–H and O–H groups in total. The van der Waals surface area contributed by atoms with Gasteiger partial charge in [-0.25, -0.2) is 0 Å². The van der Waals surface area contributed by atoms with Gasteiger partial charge in [-0.15, -0.1) is 10.2 Å². The fourth-order valence-corrected chi connectivity index (χ4v) is 3.87. The summed E-state index contributed by atoms with van der Waals surface area (Å²) in [4.78, 5) is 12.6. The summed E-state index contributed by atoms with van der Waals surface area (Å²) in [6.45, 7) is 6.43. The molecule has 4 aromatic rings. The number of rotatable bonds is 10. The molecule has 0 aliphatic carbocycles. The molecule has 0 bridgehead atoms. The smallest absolute Gasteiger partial charge is 0.277 e. The van der Waals surface area contributed by atoms with Crippen molar-refractivity contribution in [1.82, 2.24) is 10.2 Å². The van der Waals surface area contributed by atoms with Crippen molar-refractivity contribution in [2.24, 2.45) is 0 Å². The van der Waals surface area contributed by atoms with E-state index in [1.807, 2.05) is 86.6 Å². The molecule has 3 aromatic carbocycles. The summed E-state index contributed by atoms with van der Waals surface area (Å²) < 4.78 is 17.2. The zero-order chi connectivity index (χ0) is 24.6. The third-order valence-corrected chi connectivity index (χ3v) is 6.09. The van der Waals surface area contributed by atoms with Crippen LogP contribution in [0.4, 0.5) is 5.69 Å². The summed E-state index contributed by atoms with van der Waals surface area (Å²) in [6.07, 6.45) is 0. The van der Waals surface area contributed by atoms with Crippen LogP contribution < -0.4 is 14.8 Å². The number of amides is 1. The van der Waals surface area contributed by atoms with E-state index >= 15 is 0 Å². The van der Waals surface area contributed by atoms with Gasteiger partial charge in [-0.3, -0.25) is 4.79 Å². The number of carbonyl (C=O) groups excluding carboxylic acids is 1. The van der Waals surface area contributed by atoms with Crippen LogP contribution in [0.25, 0.3) is 0 Å². The summed E-state index contributed by atoms with van der Waals surface area (Å²) in [5, 5.41) is 10.8. The first-order valence-corrected chi connectivity index (χ1v) is 12.1. The van der Waals surface area contributed by atoms with Gasteiger partial charge in [-0.05, 0) is 67.8 Å². The first-order chi connectivity index (χ1) is 17.0. The first-order valence-electron chi connectivity index (χ1n) is 11.2. The lowest BCUT2D eigenvalue weighted by atomic mass is 10.1. The number of aromatic nitrogens is 2. The molecular formula is C27H27N3O4S. The van der Waals surface area contributed by atoms with Gasteiger partial charge in [0, 0.05) is 5.69 Å². The molecule has 7 nitrogen and oxygen atoms in total. The molecule has 1 unspecified atom stereocenters. The van der Waals surface area contributed by atoms with Gasteiger partial charge < -0.3 is 19.2 Å². The maximum Gasteiger partial charge on any atom is 0.277 e. The van der Waals surface area contributed by atoms with Crippen LogP contribution in [0.3, 0.4) is 0 Å². The number of carbonyl (C=O) groups is 1. The van der Waals surface area contributed by atoms with Crippen LogP contribution in [-0.4, -0.2) is 21.4 Å². The number of aryl methyl sites for hydroxylation is 2. The highest BCUT2D eigenvalue weighted by Crippen LogP contribution is 2.25.